The predicted octanol–water partition coefficient (Wildman–Crippen LogP) is 3.73. The van der Waals surface area contributed by atoms with Gasteiger partial charge in [0.2, 0.25) is 5.75 Å². The number of carbonyl (C=O) groups is 2. The van der Waals surface area contributed by atoms with Gasteiger partial charge in [0.05, 0.1) is 30.4 Å². The van der Waals surface area contributed by atoms with Crippen molar-refractivity contribution in [1.29, 1.82) is 0 Å². The van der Waals surface area contributed by atoms with E-state index in [4.69, 9.17) is 9.47 Å². The Morgan fingerprint density at radius 3 is 2.40 bits per heavy atom. The molecule has 1 heterocycles. The van der Waals surface area contributed by atoms with Crippen LogP contribution in [0.3, 0.4) is 0 Å². The first-order chi connectivity index (χ1) is 14.4. The standard InChI is InChI=1S/C21H20N2O6S/c1-4-23-19(25)17(11-12-9-15(28-2)18(24)16(10-12)29-3)30-21(23)22-14-8-6-5-7-13(14)20(26)27/h5-11,24H,4H2,1-3H3,(H,26,27)/b17-11-,22-21?. The highest BCUT2D eigenvalue weighted by Gasteiger charge is 2.32. The second-order valence-corrected chi connectivity index (χ2v) is 7.16. The zero-order chi connectivity index (χ0) is 21.8. The summed E-state index contributed by atoms with van der Waals surface area (Å²) in [7, 11) is 2.84. The molecule has 0 saturated carbocycles. The Morgan fingerprint density at radius 2 is 1.83 bits per heavy atom. The van der Waals surface area contributed by atoms with E-state index in [-0.39, 0.29) is 34.4 Å². The number of aliphatic imine (C=N–C) groups is 1. The Hall–Kier alpha value is -3.46. The largest absolute Gasteiger partial charge is 0.502 e. The molecule has 2 aromatic rings. The molecule has 1 aliphatic rings. The molecule has 2 aromatic carbocycles. The van der Waals surface area contributed by atoms with Crippen LogP contribution in [0.2, 0.25) is 0 Å². The quantitative estimate of drug-likeness (QED) is 0.675. The number of para-hydroxylation sites is 1. The van der Waals surface area contributed by atoms with Gasteiger partial charge in [-0.15, -0.1) is 0 Å². The molecule has 30 heavy (non-hydrogen) atoms. The molecular formula is C21H20N2O6S. The van der Waals surface area contributed by atoms with Gasteiger partial charge in [-0.25, -0.2) is 9.79 Å². The van der Waals surface area contributed by atoms with Crippen molar-refractivity contribution < 1.29 is 29.3 Å². The lowest BCUT2D eigenvalue weighted by Gasteiger charge is -2.12. The second kappa shape index (κ2) is 8.91. The van der Waals surface area contributed by atoms with Crippen molar-refractivity contribution in [3.63, 3.8) is 0 Å². The SMILES string of the molecule is CCN1C(=O)/C(=C/c2cc(OC)c(O)c(OC)c2)SC1=Nc1ccccc1C(=O)O. The van der Waals surface area contributed by atoms with Crippen LogP contribution in [0.4, 0.5) is 5.69 Å². The van der Waals surface area contributed by atoms with Crippen LogP contribution >= 0.6 is 11.8 Å². The minimum Gasteiger partial charge on any atom is -0.502 e. The maximum atomic E-state index is 12.9. The van der Waals surface area contributed by atoms with Crippen molar-refractivity contribution in [1.82, 2.24) is 4.90 Å². The van der Waals surface area contributed by atoms with E-state index in [1.54, 1.807) is 36.4 Å². The minimum atomic E-state index is -1.09. The molecule has 0 aliphatic carbocycles. The minimum absolute atomic E-state index is 0.0551. The first-order valence-electron chi connectivity index (χ1n) is 8.97. The summed E-state index contributed by atoms with van der Waals surface area (Å²) in [4.78, 5) is 30.6. The molecule has 1 fully saturated rings. The van der Waals surface area contributed by atoms with Gasteiger partial charge in [-0.3, -0.25) is 9.69 Å². The van der Waals surface area contributed by atoms with Crippen LogP contribution in [0.15, 0.2) is 46.3 Å². The van der Waals surface area contributed by atoms with E-state index < -0.39 is 5.97 Å². The van der Waals surface area contributed by atoms with E-state index in [2.05, 4.69) is 4.99 Å². The maximum absolute atomic E-state index is 12.9. The van der Waals surface area contributed by atoms with Crippen molar-refractivity contribution in [2.75, 3.05) is 20.8 Å². The molecule has 1 amide bonds. The summed E-state index contributed by atoms with van der Waals surface area (Å²) < 4.78 is 10.3. The molecule has 1 aliphatic heterocycles. The van der Waals surface area contributed by atoms with Gasteiger partial charge in [0, 0.05) is 6.54 Å². The average Bonchev–Trinajstić information content (AvgIpc) is 3.03. The maximum Gasteiger partial charge on any atom is 0.337 e. The molecule has 2 N–H and O–H groups in total. The Bertz CT molecular complexity index is 1040. The van der Waals surface area contributed by atoms with Gasteiger partial charge in [0.15, 0.2) is 16.7 Å². The van der Waals surface area contributed by atoms with Gasteiger partial charge in [-0.2, -0.15) is 0 Å². The zero-order valence-electron chi connectivity index (χ0n) is 16.6. The summed E-state index contributed by atoms with van der Waals surface area (Å²) in [6, 6.07) is 9.54. The summed E-state index contributed by atoms with van der Waals surface area (Å²) >= 11 is 1.14. The number of rotatable bonds is 6. The topological polar surface area (TPSA) is 109 Å². The third kappa shape index (κ3) is 4.11. The van der Waals surface area contributed by atoms with E-state index in [1.807, 2.05) is 6.92 Å². The number of aromatic carboxylic acids is 1. The van der Waals surface area contributed by atoms with Crippen molar-refractivity contribution in [2.24, 2.45) is 4.99 Å². The van der Waals surface area contributed by atoms with Crippen molar-refractivity contribution >= 4 is 40.6 Å². The number of methoxy groups -OCH3 is 2. The Morgan fingerprint density at radius 1 is 1.20 bits per heavy atom. The Balaban J connectivity index is 2.02. The number of amides is 1. The van der Waals surface area contributed by atoms with E-state index in [1.165, 1.54) is 25.2 Å². The number of phenols is 1. The number of carboxylic acids is 1. The summed E-state index contributed by atoms with van der Waals surface area (Å²) in [6.07, 6.45) is 1.64. The van der Waals surface area contributed by atoms with Crippen LogP contribution in [0, 0.1) is 0 Å². The molecule has 9 heteroatoms. The predicted molar refractivity (Wildman–Crippen MR) is 115 cm³/mol. The fourth-order valence-corrected chi connectivity index (χ4v) is 3.93. The normalized spacial score (nSPS) is 16.4. The summed E-state index contributed by atoms with van der Waals surface area (Å²) in [5.41, 5.74) is 0.924. The van der Waals surface area contributed by atoms with Gasteiger partial charge in [0.1, 0.15) is 0 Å². The van der Waals surface area contributed by atoms with E-state index in [0.29, 0.717) is 22.2 Å². The van der Waals surface area contributed by atoms with E-state index in [9.17, 15) is 19.8 Å². The number of nitrogens with zero attached hydrogens (tertiary/aromatic N) is 2. The Labute approximate surface area is 177 Å². The fourth-order valence-electron chi connectivity index (χ4n) is 2.87. The number of likely N-dealkylation sites (N-methyl/N-ethyl adjacent to an activating group) is 1. The van der Waals surface area contributed by atoms with E-state index in [0.717, 1.165) is 11.8 Å². The lowest BCUT2D eigenvalue weighted by Crippen LogP contribution is -2.28. The third-order valence-corrected chi connectivity index (χ3v) is 5.36. The highest BCUT2D eigenvalue weighted by atomic mass is 32.2. The van der Waals surface area contributed by atoms with Gasteiger partial charge < -0.3 is 19.7 Å². The fraction of sp³-hybridized carbons (Fsp3) is 0.190. The van der Waals surface area contributed by atoms with Crippen LogP contribution < -0.4 is 9.47 Å². The highest BCUT2D eigenvalue weighted by molar-refractivity contribution is 8.18. The summed E-state index contributed by atoms with van der Waals surface area (Å²) in [5, 5.41) is 19.8. The smallest absolute Gasteiger partial charge is 0.337 e. The summed E-state index contributed by atoms with van der Waals surface area (Å²) in [5.74, 6) is -1.04. The van der Waals surface area contributed by atoms with Crippen molar-refractivity contribution in [3.8, 4) is 17.2 Å². The lowest BCUT2D eigenvalue weighted by atomic mass is 10.1. The van der Waals surface area contributed by atoms with Crippen LogP contribution in [0.25, 0.3) is 6.08 Å². The molecule has 0 bridgehead atoms. The van der Waals surface area contributed by atoms with E-state index >= 15 is 0 Å². The highest BCUT2D eigenvalue weighted by Crippen LogP contribution is 2.40. The second-order valence-electron chi connectivity index (χ2n) is 6.15. The van der Waals surface area contributed by atoms with Gasteiger partial charge >= 0.3 is 5.97 Å². The number of carboxylic acid groups (broad SMARTS) is 1. The number of amidine groups is 1. The first-order valence-corrected chi connectivity index (χ1v) is 9.78. The number of hydrogen-bond donors (Lipinski definition) is 2. The number of ether oxygens (including phenoxy) is 2. The molecule has 0 unspecified atom stereocenters. The van der Waals surface area contributed by atoms with Crippen LogP contribution in [0.1, 0.15) is 22.8 Å². The number of phenolic OH excluding ortho intramolecular Hbond substituents is 1. The number of hydrogen-bond acceptors (Lipinski definition) is 7. The summed E-state index contributed by atoms with van der Waals surface area (Å²) in [6.45, 7) is 2.19. The number of benzene rings is 2. The van der Waals surface area contributed by atoms with Crippen molar-refractivity contribution in [3.05, 3.63) is 52.4 Å². The van der Waals surface area contributed by atoms with Crippen LogP contribution in [-0.4, -0.2) is 52.9 Å². The monoisotopic (exact) mass is 428 g/mol. The molecule has 0 aromatic heterocycles. The molecule has 0 radical (unpaired) electrons. The van der Waals surface area contributed by atoms with Gasteiger partial charge in [-0.05, 0) is 54.6 Å². The number of carbonyl (C=O) groups excluding carboxylic acids is 1. The van der Waals surface area contributed by atoms with Gasteiger partial charge in [-0.1, -0.05) is 12.1 Å². The third-order valence-electron chi connectivity index (χ3n) is 4.35. The molecule has 0 spiro atoms. The zero-order valence-corrected chi connectivity index (χ0v) is 17.4. The lowest BCUT2D eigenvalue weighted by molar-refractivity contribution is -0.122. The van der Waals surface area contributed by atoms with Crippen LogP contribution in [0.5, 0.6) is 17.2 Å². The van der Waals surface area contributed by atoms with Gasteiger partial charge in [0.25, 0.3) is 5.91 Å². The first kappa shape index (κ1) is 21.3. The Kier molecular flexibility index (Phi) is 6.31. The number of aromatic hydroxyl groups is 1. The number of thioether (sulfide) groups is 1. The molecule has 1 saturated heterocycles. The van der Waals surface area contributed by atoms with Crippen molar-refractivity contribution in [2.45, 2.75) is 6.92 Å². The molecule has 8 nitrogen and oxygen atoms in total. The molecule has 156 valence electrons. The molecular weight excluding hydrogens is 408 g/mol. The average molecular weight is 428 g/mol. The molecule has 3 rings (SSSR count). The molecule has 0 atom stereocenters. The van der Waals surface area contributed by atoms with Crippen LogP contribution in [-0.2, 0) is 4.79 Å².